The molecule has 4 nitrogen and oxygen atoms in total. The number of rotatable bonds is 3. The van der Waals surface area contributed by atoms with Crippen molar-refractivity contribution in [2.45, 2.75) is 19.8 Å². The lowest BCUT2D eigenvalue weighted by Gasteiger charge is -2.16. The van der Waals surface area contributed by atoms with Crippen LogP contribution in [0.15, 0.2) is 24.3 Å². The molecule has 0 radical (unpaired) electrons. The number of carboxylic acids is 1. The van der Waals surface area contributed by atoms with Crippen molar-refractivity contribution in [3.63, 3.8) is 0 Å². The summed E-state index contributed by atoms with van der Waals surface area (Å²) in [5.41, 5.74) is 1.95. The second-order valence-electron chi connectivity index (χ2n) is 4.27. The van der Waals surface area contributed by atoms with E-state index in [4.69, 9.17) is 5.11 Å². The summed E-state index contributed by atoms with van der Waals surface area (Å²) >= 11 is 0. The van der Waals surface area contributed by atoms with Crippen LogP contribution in [-0.2, 0) is 16.0 Å². The van der Waals surface area contributed by atoms with Gasteiger partial charge in [-0.25, -0.2) is 0 Å². The zero-order valence-corrected chi connectivity index (χ0v) is 9.72. The minimum absolute atomic E-state index is 0.103. The molecule has 17 heavy (non-hydrogen) atoms. The molecule has 1 heterocycles. The summed E-state index contributed by atoms with van der Waals surface area (Å²) in [5.74, 6) is -1.58. The third-order valence-electron chi connectivity index (χ3n) is 3.10. The monoisotopic (exact) mass is 233 g/mol. The third kappa shape index (κ3) is 2.30. The second-order valence-corrected chi connectivity index (χ2v) is 4.27. The van der Waals surface area contributed by atoms with E-state index < -0.39 is 11.9 Å². The first-order valence-corrected chi connectivity index (χ1v) is 5.74. The van der Waals surface area contributed by atoms with Crippen LogP contribution in [0.4, 0.5) is 5.69 Å². The highest BCUT2D eigenvalue weighted by atomic mass is 16.4. The van der Waals surface area contributed by atoms with Crippen molar-refractivity contribution in [2.75, 3.05) is 11.4 Å². The van der Waals surface area contributed by atoms with Crippen LogP contribution < -0.4 is 4.90 Å². The van der Waals surface area contributed by atoms with Crippen molar-refractivity contribution in [1.82, 2.24) is 0 Å². The minimum Gasteiger partial charge on any atom is -0.481 e. The summed E-state index contributed by atoms with van der Waals surface area (Å²) in [6, 6.07) is 7.69. The Morgan fingerprint density at radius 2 is 2.29 bits per heavy atom. The standard InChI is InChI=1S/C13H15NO3/c1-2-9-4-3-5-11(6-9)14-8-10(13(16)17)7-12(14)15/h3-6,10H,2,7-8H2,1H3,(H,16,17)/t10-/m1/s1. The van der Waals surface area contributed by atoms with Crippen molar-refractivity contribution < 1.29 is 14.7 Å². The molecule has 2 rings (SSSR count). The quantitative estimate of drug-likeness (QED) is 0.864. The van der Waals surface area contributed by atoms with Gasteiger partial charge in [0.1, 0.15) is 0 Å². The fraction of sp³-hybridized carbons (Fsp3) is 0.385. The maximum Gasteiger partial charge on any atom is 0.308 e. The van der Waals surface area contributed by atoms with Gasteiger partial charge in [-0.05, 0) is 24.1 Å². The van der Waals surface area contributed by atoms with Crippen molar-refractivity contribution in [3.05, 3.63) is 29.8 Å². The molecule has 4 heteroatoms. The molecule has 1 aromatic rings. The fourth-order valence-corrected chi connectivity index (χ4v) is 2.07. The molecular formula is C13H15NO3. The molecule has 1 aliphatic heterocycles. The van der Waals surface area contributed by atoms with Gasteiger partial charge in [-0.1, -0.05) is 19.1 Å². The first-order valence-electron chi connectivity index (χ1n) is 5.74. The van der Waals surface area contributed by atoms with Gasteiger partial charge in [0.2, 0.25) is 5.91 Å². The number of anilines is 1. The fourth-order valence-electron chi connectivity index (χ4n) is 2.07. The lowest BCUT2D eigenvalue weighted by molar-refractivity contribution is -0.141. The molecule has 1 atom stereocenters. The molecule has 1 aromatic carbocycles. The molecule has 0 unspecified atom stereocenters. The van der Waals surface area contributed by atoms with Gasteiger partial charge in [0.05, 0.1) is 5.92 Å². The van der Waals surface area contributed by atoms with E-state index in [1.54, 1.807) is 4.90 Å². The Kier molecular flexibility index (Phi) is 3.13. The summed E-state index contributed by atoms with van der Waals surface area (Å²) < 4.78 is 0. The summed E-state index contributed by atoms with van der Waals surface area (Å²) in [5, 5.41) is 8.92. The number of carbonyl (C=O) groups is 2. The molecule has 1 N–H and O–H groups in total. The molecule has 0 bridgehead atoms. The lowest BCUT2D eigenvalue weighted by atomic mass is 10.1. The first-order chi connectivity index (χ1) is 8.11. The van der Waals surface area contributed by atoms with Gasteiger partial charge in [-0.2, -0.15) is 0 Å². The molecule has 0 aliphatic carbocycles. The van der Waals surface area contributed by atoms with Gasteiger partial charge in [0.25, 0.3) is 0 Å². The van der Waals surface area contributed by atoms with Crippen LogP contribution in [0.5, 0.6) is 0 Å². The van der Waals surface area contributed by atoms with E-state index in [1.807, 2.05) is 31.2 Å². The highest BCUT2D eigenvalue weighted by Gasteiger charge is 2.34. The van der Waals surface area contributed by atoms with E-state index in [0.29, 0.717) is 0 Å². The Morgan fingerprint density at radius 1 is 1.53 bits per heavy atom. The highest BCUT2D eigenvalue weighted by molar-refractivity contribution is 5.99. The maximum absolute atomic E-state index is 11.8. The molecule has 90 valence electrons. The summed E-state index contributed by atoms with van der Waals surface area (Å²) in [4.78, 5) is 24.2. The topological polar surface area (TPSA) is 57.6 Å². The predicted octanol–water partition coefficient (Wildman–Crippen LogP) is 1.69. The smallest absolute Gasteiger partial charge is 0.308 e. The van der Waals surface area contributed by atoms with Crippen molar-refractivity contribution in [3.8, 4) is 0 Å². The van der Waals surface area contributed by atoms with Crippen LogP contribution in [0.1, 0.15) is 18.9 Å². The van der Waals surface area contributed by atoms with Crippen molar-refractivity contribution in [2.24, 2.45) is 5.92 Å². The molecule has 1 aliphatic rings. The number of hydrogen-bond donors (Lipinski definition) is 1. The van der Waals surface area contributed by atoms with Crippen LogP contribution in [0.25, 0.3) is 0 Å². The van der Waals surface area contributed by atoms with Crippen molar-refractivity contribution in [1.29, 1.82) is 0 Å². The van der Waals surface area contributed by atoms with E-state index in [0.717, 1.165) is 17.7 Å². The SMILES string of the molecule is CCc1cccc(N2C[C@H](C(=O)O)CC2=O)c1. The van der Waals surface area contributed by atoms with Gasteiger partial charge < -0.3 is 10.0 Å². The van der Waals surface area contributed by atoms with Gasteiger partial charge in [-0.3, -0.25) is 9.59 Å². The number of aliphatic carboxylic acids is 1. The molecule has 0 aromatic heterocycles. The van der Waals surface area contributed by atoms with Gasteiger partial charge in [-0.15, -0.1) is 0 Å². The Hall–Kier alpha value is -1.84. The largest absolute Gasteiger partial charge is 0.481 e. The van der Waals surface area contributed by atoms with Crippen LogP contribution in [0, 0.1) is 5.92 Å². The van der Waals surface area contributed by atoms with Crippen LogP contribution in [0.2, 0.25) is 0 Å². The average Bonchev–Trinajstić information content (AvgIpc) is 2.72. The first kappa shape index (κ1) is 11.6. The third-order valence-corrected chi connectivity index (χ3v) is 3.10. The second kappa shape index (κ2) is 4.57. The van der Waals surface area contributed by atoms with E-state index in [9.17, 15) is 9.59 Å². The van der Waals surface area contributed by atoms with E-state index in [-0.39, 0.29) is 18.9 Å². The number of aryl methyl sites for hydroxylation is 1. The number of benzene rings is 1. The molecule has 0 spiro atoms. The summed E-state index contributed by atoms with van der Waals surface area (Å²) in [7, 11) is 0. The number of amides is 1. The van der Waals surface area contributed by atoms with Crippen LogP contribution in [-0.4, -0.2) is 23.5 Å². The number of carbonyl (C=O) groups excluding carboxylic acids is 1. The Balaban J connectivity index is 2.22. The van der Waals surface area contributed by atoms with Gasteiger partial charge >= 0.3 is 5.97 Å². The van der Waals surface area contributed by atoms with Crippen LogP contribution in [0.3, 0.4) is 0 Å². The lowest BCUT2D eigenvalue weighted by Crippen LogP contribution is -2.25. The van der Waals surface area contributed by atoms with Crippen molar-refractivity contribution >= 4 is 17.6 Å². The van der Waals surface area contributed by atoms with E-state index in [2.05, 4.69) is 0 Å². The number of carboxylic acid groups (broad SMARTS) is 1. The van der Waals surface area contributed by atoms with Crippen LogP contribution >= 0.6 is 0 Å². The normalized spacial score (nSPS) is 19.7. The summed E-state index contributed by atoms with van der Waals surface area (Å²) in [6.07, 6.45) is 1.00. The zero-order chi connectivity index (χ0) is 12.4. The minimum atomic E-state index is -0.896. The van der Waals surface area contributed by atoms with E-state index in [1.165, 1.54) is 0 Å². The predicted molar refractivity (Wildman–Crippen MR) is 63.9 cm³/mol. The molecule has 1 fully saturated rings. The molecule has 1 saturated heterocycles. The number of hydrogen-bond acceptors (Lipinski definition) is 2. The maximum atomic E-state index is 11.8. The van der Waals surface area contributed by atoms with Gasteiger partial charge in [0.15, 0.2) is 0 Å². The average molecular weight is 233 g/mol. The molecule has 0 saturated carbocycles. The Bertz CT molecular complexity index is 456. The molecular weight excluding hydrogens is 218 g/mol. The van der Waals surface area contributed by atoms with Gasteiger partial charge in [0, 0.05) is 18.7 Å². The zero-order valence-electron chi connectivity index (χ0n) is 9.72. The number of nitrogens with zero attached hydrogens (tertiary/aromatic N) is 1. The summed E-state index contributed by atoms with van der Waals surface area (Å²) in [6.45, 7) is 2.33. The highest BCUT2D eigenvalue weighted by Crippen LogP contribution is 2.25. The Morgan fingerprint density at radius 3 is 2.88 bits per heavy atom. The molecule has 1 amide bonds. The Labute approximate surface area is 99.9 Å². The van der Waals surface area contributed by atoms with E-state index >= 15 is 0 Å².